The van der Waals surface area contributed by atoms with Crippen LogP contribution in [0.1, 0.15) is 12.6 Å². The predicted molar refractivity (Wildman–Crippen MR) is 79.8 cm³/mol. The molecule has 2 nitrogen and oxygen atoms in total. The number of nitrogens with zero attached hydrogens (tertiary/aromatic N) is 1. The summed E-state index contributed by atoms with van der Waals surface area (Å²) < 4.78 is 0.978. The van der Waals surface area contributed by atoms with Crippen LogP contribution < -0.4 is 0 Å². The zero-order chi connectivity index (χ0) is 12.3. The highest BCUT2D eigenvalue weighted by Crippen LogP contribution is 2.33. The Morgan fingerprint density at radius 2 is 2.24 bits per heavy atom. The number of aliphatic hydroxyl groups is 1. The van der Waals surface area contributed by atoms with E-state index in [1.165, 1.54) is 5.75 Å². The first-order valence-electron chi connectivity index (χ1n) is 5.68. The van der Waals surface area contributed by atoms with Crippen LogP contribution in [0.5, 0.6) is 0 Å². The van der Waals surface area contributed by atoms with Gasteiger partial charge in [-0.05, 0) is 28.1 Å². The van der Waals surface area contributed by atoms with Crippen LogP contribution >= 0.6 is 39.5 Å². The highest BCUT2D eigenvalue weighted by molar-refractivity contribution is 9.10. The molecule has 17 heavy (non-hydrogen) atoms. The van der Waals surface area contributed by atoms with Gasteiger partial charge in [0.15, 0.2) is 0 Å². The second kappa shape index (κ2) is 6.45. The lowest BCUT2D eigenvalue weighted by Gasteiger charge is -2.31. The highest BCUT2D eigenvalue weighted by atomic mass is 79.9. The molecule has 1 aliphatic heterocycles. The second-order valence-corrected chi connectivity index (χ2v) is 7.84. The van der Waals surface area contributed by atoms with Crippen molar-refractivity contribution < 1.29 is 5.11 Å². The van der Waals surface area contributed by atoms with Crippen molar-refractivity contribution in [3.63, 3.8) is 0 Å². The molecule has 2 heterocycles. The van der Waals surface area contributed by atoms with Gasteiger partial charge in [0.05, 0.1) is 6.10 Å². The van der Waals surface area contributed by atoms with Gasteiger partial charge in [-0.15, -0.1) is 0 Å². The summed E-state index contributed by atoms with van der Waals surface area (Å²) in [5.41, 5.74) is 0.962. The fraction of sp³-hybridized carbons (Fsp3) is 0.583. The Bertz CT molecular complexity index is 360. The van der Waals surface area contributed by atoms with Crippen LogP contribution in [-0.2, 0) is 6.42 Å². The van der Waals surface area contributed by atoms with E-state index in [4.69, 9.17) is 0 Å². The Kier molecular flexibility index (Phi) is 5.21. The standard InChI is InChI=1S/C12H16BrNOS2/c1-8-12(17-5-4-16-8)11(15)6-10-3-2-9(13)7-14-10/h2-3,7-8,11-12,15H,4-6H2,1H3. The molecule has 1 aromatic heterocycles. The van der Waals surface area contributed by atoms with Gasteiger partial charge in [-0.25, -0.2) is 0 Å². The molecule has 0 saturated carbocycles. The minimum Gasteiger partial charge on any atom is -0.392 e. The van der Waals surface area contributed by atoms with Gasteiger partial charge in [0.1, 0.15) is 0 Å². The lowest BCUT2D eigenvalue weighted by molar-refractivity contribution is 0.170. The van der Waals surface area contributed by atoms with Crippen molar-refractivity contribution in [1.29, 1.82) is 0 Å². The molecule has 1 saturated heterocycles. The third-order valence-corrected chi connectivity index (χ3v) is 6.53. The number of aromatic nitrogens is 1. The number of hydrogen-bond donors (Lipinski definition) is 1. The summed E-state index contributed by atoms with van der Waals surface area (Å²) in [7, 11) is 0. The number of halogens is 1. The topological polar surface area (TPSA) is 33.1 Å². The minimum absolute atomic E-state index is 0.295. The fourth-order valence-corrected chi connectivity index (χ4v) is 5.01. The number of aliphatic hydroxyl groups excluding tert-OH is 1. The highest BCUT2D eigenvalue weighted by Gasteiger charge is 2.29. The van der Waals surface area contributed by atoms with Crippen LogP contribution in [-0.4, -0.2) is 38.2 Å². The number of pyridine rings is 1. The summed E-state index contributed by atoms with van der Waals surface area (Å²) in [5, 5.41) is 11.1. The average Bonchev–Trinajstić information content (AvgIpc) is 2.32. The molecule has 0 aromatic carbocycles. The molecule has 0 radical (unpaired) electrons. The van der Waals surface area contributed by atoms with Gasteiger partial charge in [0.25, 0.3) is 0 Å². The van der Waals surface area contributed by atoms with Crippen LogP contribution in [0.4, 0.5) is 0 Å². The molecule has 0 spiro atoms. The van der Waals surface area contributed by atoms with E-state index >= 15 is 0 Å². The van der Waals surface area contributed by atoms with E-state index in [0.717, 1.165) is 15.9 Å². The molecule has 3 unspecified atom stereocenters. The molecule has 5 heteroatoms. The van der Waals surface area contributed by atoms with Gasteiger partial charge in [-0.3, -0.25) is 4.98 Å². The summed E-state index contributed by atoms with van der Waals surface area (Å²) >= 11 is 7.22. The Balaban J connectivity index is 1.95. The van der Waals surface area contributed by atoms with Crippen molar-refractivity contribution in [3.05, 3.63) is 28.5 Å². The third-order valence-electron chi connectivity index (χ3n) is 2.82. The summed E-state index contributed by atoms with van der Waals surface area (Å²) in [6.45, 7) is 2.21. The minimum atomic E-state index is -0.295. The molecular weight excluding hydrogens is 318 g/mol. The molecule has 3 atom stereocenters. The number of hydrogen-bond acceptors (Lipinski definition) is 4. The quantitative estimate of drug-likeness (QED) is 0.921. The van der Waals surface area contributed by atoms with Crippen molar-refractivity contribution in [1.82, 2.24) is 4.98 Å². The van der Waals surface area contributed by atoms with Crippen molar-refractivity contribution in [2.75, 3.05) is 11.5 Å². The fourth-order valence-electron chi connectivity index (χ4n) is 1.93. The largest absolute Gasteiger partial charge is 0.392 e. The molecule has 0 aliphatic carbocycles. The zero-order valence-electron chi connectivity index (χ0n) is 9.67. The molecule has 2 rings (SSSR count). The first-order valence-corrected chi connectivity index (χ1v) is 8.57. The van der Waals surface area contributed by atoms with Crippen molar-refractivity contribution in [2.24, 2.45) is 0 Å². The van der Waals surface area contributed by atoms with Gasteiger partial charge >= 0.3 is 0 Å². The predicted octanol–water partition coefficient (Wildman–Crippen LogP) is 2.98. The van der Waals surface area contributed by atoms with E-state index in [0.29, 0.717) is 16.9 Å². The van der Waals surface area contributed by atoms with Gasteiger partial charge in [0, 0.05) is 44.8 Å². The maximum atomic E-state index is 10.3. The second-order valence-electron chi connectivity index (χ2n) is 4.15. The summed E-state index contributed by atoms with van der Waals surface area (Å²) in [6, 6.07) is 3.94. The van der Waals surface area contributed by atoms with Crippen LogP contribution in [0, 0.1) is 0 Å². The van der Waals surface area contributed by atoms with E-state index in [1.54, 1.807) is 6.20 Å². The van der Waals surface area contributed by atoms with E-state index in [-0.39, 0.29) is 6.10 Å². The lowest BCUT2D eigenvalue weighted by atomic mass is 10.1. The molecule has 0 amide bonds. The van der Waals surface area contributed by atoms with E-state index < -0.39 is 0 Å². The molecule has 0 bridgehead atoms. The Morgan fingerprint density at radius 1 is 1.47 bits per heavy atom. The smallest absolute Gasteiger partial charge is 0.0724 e. The average molecular weight is 334 g/mol. The summed E-state index contributed by atoms with van der Waals surface area (Å²) in [4.78, 5) is 4.32. The monoisotopic (exact) mass is 333 g/mol. The first-order chi connectivity index (χ1) is 8.16. The molecule has 94 valence electrons. The normalized spacial score (nSPS) is 26.8. The SMILES string of the molecule is CC1SCCSC1C(O)Cc1ccc(Br)cn1. The molecular formula is C12H16BrNOS2. The third kappa shape index (κ3) is 3.88. The molecule has 1 aromatic rings. The van der Waals surface area contributed by atoms with E-state index in [9.17, 15) is 5.11 Å². The van der Waals surface area contributed by atoms with Crippen molar-refractivity contribution >= 4 is 39.5 Å². The Labute approximate surface area is 119 Å². The lowest BCUT2D eigenvalue weighted by Crippen LogP contribution is -2.36. The zero-order valence-corrected chi connectivity index (χ0v) is 12.9. The van der Waals surface area contributed by atoms with Crippen LogP contribution in [0.25, 0.3) is 0 Å². The summed E-state index contributed by atoms with van der Waals surface area (Å²) in [6.07, 6.45) is 2.14. The maximum absolute atomic E-state index is 10.3. The van der Waals surface area contributed by atoms with Crippen molar-refractivity contribution in [2.45, 2.75) is 29.9 Å². The summed E-state index contributed by atoms with van der Waals surface area (Å²) in [5.74, 6) is 2.34. The number of rotatable bonds is 3. The van der Waals surface area contributed by atoms with E-state index in [1.807, 2.05) is 35.7 Å². The van der Waals surface area contributed by atoms with Crippen LogP contribution in [0.2, 0.25) is 0 Å². The molecule has 1 aliphatic rings. The Morgan fingerprint density at radius 3 is 2.88 bits per heavy atom. The van der Waals surface area contributed by atoms with Crippen LogP contribution in [0.15, 0.2) is 22.8 Å². The van der Waals surface area contributed by atoms with Crippen LogP contribution in [0.3, 0.4) is 0 Å². The molecule has 1 fully saturated rings. The van der Waals surface area contributed by atoms with Crippen molar-refractivity contribution in [3.8, 4) is 0 Å². The van der Waals surface area contributed by atoms with E-state index in [2.05, 4.69) is 27.8 Å². The van der Waals surface area contributed by atoms with Gasteiger partial charge < -0.3 is 5.11 Å². The van der Waals surface area contributed by atoms with Gasteiger partial charge in [0.2, 0.25) is 0 Å². The van der Waals surface area contributed by atoms with Gasteiger partial charge in [-0.1, -0.05) is 6.92 Å². The van der Waals surface area contributed by atoms with Gasteiger partial charge in [-0.2, -0.15) is 23.5 Å². The number of thioether (sulfide) groups is 2. The molecule has 1 N–H and O–H groups in total. The Hall–Kier alpha value is 0.290. The first kappa shape index (κ1) is 13.7. The maximum Gasteiger partial charge on any atom is 0.0724 e.